The third-order valence-electron chi connectivity index (χ3n) is 4.28. The van der Waals surface area contributed by atoms with E-state index in [1.165, 1.54) is 0 Å². The summed E-state index contributed by atoms with van der Waals surface area (Å²) in [6.07, 6.45) is 0.460. The van der Waals surface area contributed by atoms with E-state index >= 15 is 0 Å². The minimum atomic E-state index is -0.548. The van der Waals surface area contributed by atoms with Gasteiger partial charge in [0.2, 0.25) is 0 Å². The van der Waals surface area contributed by atoms with Crippen molar-refractivity contribution in [3.63, 3.8) is 0 Å². The first kappa shape index (κ1) is 16.2. The molecule has 0 bridgehead atoms. The second-order valence-corrected chi connectivity index (χ2v) is 5.83. The summed E-state index contributed by atoms with van der Waals surface area (Å²) in [5, 5.41) is 0. The number of carbonyl (C=O) groups is 2. The Balaban J connectivity index is 1.88. The summed E-state index contributed by atoms with van der Waals surface area (Å²) in [6.45, 7) is 2.26. The van der Waals surface area contributed by atoms with Crippen LogP contribution in [0.1, 0.15) is 22.8 Å². The number of esters is 1. The number of ether oxygens (including phenoxy) is 2. The zero-order valence-corrected chi connectivity index (χ0v) is 13.6. The van der Waals surface area contributed by atoms with Gasteiger partial charge in [-0.25, -0.2) is 0 Å². The van der Waals surface area contributed by atoms with Crippen LogP contribution in [0.15, 0.2) is 54.6 Å². The molecule has 0 amide bonds. The monoisotopic (exact) mass is 324 g/mol. The highest BCUT2D eigenvalue weighted by Gasteiger charge is 2.39. The van der Waals surface area contributed by atoms with Gasteiger partial charge in [0.25, 0.3) is 0 Å². The summed E-state index contributed by atoms with van der Waals surface area (Å²) in [7, 11) is 0. The summed E-state index contributed by atoms with van der Waals surface area (Å²) in [6, 6.07) is 16.8. The molecule has 1 heterocycles. The number of hydrogen-bond acceptors (Lipinski definition) is 4. The number of rotatable bonds is 5. The molecule has 2 unspecified atom stereocenters. The number of Topliss-reactive ketones (excluding diaryl/α,β-unsaturated/α-hetero) is 1. The lowest BCUT2D eigenvalue weighted by Crippen LogP contribution is -2.39. The van der Waals surface area contributed by atoms with Gasteiger partial charge < -0.3 is 9.47 Å². The molecule has 3 rings (SSSR count). The van der Waals surface area contributed by atoms with E-state index in [1.54, 1.807) is 25.1 Å². The van der Waals surface area contributed by atoms with Crippen LogP contribution in [0.4, 0.5) is 0 Å². The zero-order chi connectivity index (χ0) is 16.9. The minimum Gasteiger partial charge on any atom is -0.492 e. The third-order valence-corrected chi connectivity index (χ3v) is 4.28. The van der Waals surface area contributed by atoms with Gasteiger partial charge in [0.15, 0.2) is 5.78 Å². The molecule has 0 radical (unpaired) electrons. The Kier molecular flexibility index (Phi) is 4.94. The van der Waals surface area contributed by atoms with Crippen LogP contribution in [0.25, 0.3) is 0 Å². The predicted molar refractivity (Wildman–Crippen MR) is 90.0 cm³/mol. The van der Waals surface area contributed by atoms with Gasteiger partial charge in [-0.1, -0.05) is 42.5 Å². The molecular weight excluding hydrogens is 304 g/mol. The van der Waals surface area contributed by atoms with Crippen molar-refractivity contribution in [3.05, 3.63) is 65.7 Å². The van der Waals surface area contributed by atoms with Gasteiger partial charge in [-0.05, 0) is 31.0 Å². The fourth-order valence-corrected chi connectivity index (χ4v) is 3.06. The van der Waals surface area contributed by atoms with E-state index in [0.29, 0.717) is 24.3 Å². The highest BCUT2D eigenvalue weighted by Crippen LogP contribution is 2.32. The van der Waals surface area contributed by atoms with E-state index in [1.807, 2.05) is 36.4 Å². The van der Waals surface area contributed by atoms with Gasteiger partial charge in [0.05, 0.1) is 30.6 Å². The Labute approximate surface area is 141 Å². The number of hydrogen-bond donors (Lipinski definition) is 0. The first-order valence-electron chi connectivity index (χ1n) is 8.17. The molecule has 2 aromatic rings. The fourth-order valence-electron chi connectivity index (χ4n) is 3.06. The number of fused-ring (bicyclic) bond motifs is 1. The van der Waals surface area contributed by atoms with Crippen LogP contribution in [-0.2, 0) is 16.0 Å². The first-order chi connectivity index (χ1) is 11.7. The average molecular weight is 324 g/mol. The van der Waals surface area contributed by atoms with Crippen molar-refractivity contribution < 1.29 is 19.1 Å². The number of carbonyl (C=O) groups excluding carboxylic acids is 2. The van der Waals surface area contributed by atoms with Gasteiger partial charge in [0.1, 0.15) is 5.75 Å². The molecule has 2 aromatic carbocycles. The number of ketones is 1. The topological polar surface area (TPSA) is 52.6 Å². The van der Waals surface area contributed by atoms with Gasteiger partial charge in [-0.2, -0.15) is 0 Å². The predicted octanol–water partition coefficient (Wildman–Crippen LogP) is 3.30. The second-order valence-electron chi connectivity index (χ2n) is 5.83. The Morgan fingerprint density at radius 3 is 2.62 bits per heavy atom. The summed E-state index contributed by atoms with van der Waals surface area (Å²) in [5.41, 5.74) is 1.54. The molecule has 0 saturated heterocycles. The zero-order valence-electron chi connectivity index (χ0n) is 13.6. The second kappa shape index (κ2) is 7.30. The molecular formula is C20H20O4. The quantitative estimate of drug-likeness (QED) is 0.792. The van der Waals surface area contributed by atoms with E-state index in [2.05, 4.69) is 0 Å². The summed E-state index contributed by atoms with van der Waals surface area (Å²) < 4.78 is 10.9. The van der Waals surface area contributed by atoms with Crippen molar-refractivity contribution in [2.24, 2.45) is 11.8 Å². The van der Waals surface area contributed by atoms with Crippen molar-refractivity contribution in [3.8, 4) is 5.75 Å². The lowest BCUT2D eigenvalue weighted by Gasteiger charge is -2.29. The molecule has 4 nitrogen and oxygen atoms in total. The van der Waals surface area contributed by atoms with Crippen LogP contribution in [0, 0.1) is 11.8 Å². The number of benzene rings is 2. The molecule has 1 aliphatic rings. The van der Waals surface area contributed by atoms with E-state index in [-0.39, 0.29) is 18.4 Å². The van der Waals surface area contributed by atoms with E-state index < -0.39 is 11.8 Å². The molecule has 1 aliphatic heterocycles. The van der Waals surface area contributed by atoms with Gasteiger partial charge >= 0.3 is 5.97 Å². The Morgan fingerprint density at radius 1 is 1.17 bits per heavy atom. The molecule has 4 heteroatoms. The van der Waals surface area contributed by atoms with E-state index in [4.69, 9.17) is 9.47 Å². The maximum absolute atomic E-state index is 12.9. The van der Waals surface area contributed by atoms with Gasteiger partial charge in [0, 0.05) is 0 Å². The van der Waals surface area contributed by atoms with Gasteiger partial charge in [-0.3, -0.25) is 9.59 Å². The highest BCUT2D eigenvalue weighted by molar-refractivity contribution is 6.03. The number of para-hydroxylation sites is 1. The minimum absolute atomic E-state index is 0.0502. The molecule has 0 fully saturated rings. The molecule has 0 aromatic heterocycles. The molecule has 0 saturated carbocycles. The van der Waals surface area contributed by atoms with Crippen molar-refractivity contribution in [1.82, 2.24) is 0 Å². The highest BCUT2D eigenvalue weighted by atomic mass is 16.5. The summed E-state index contributed by atoms with van der Waals surface area (Å²) in [5.74, 6) is -0.887. The van der Waals surface area contributed by atoms with Crippen molar-refractivity contribution >= 4 is 11.8 Å². The molecule has 0 aliphatic carbocycles. The standard InChI is InChI=1S/C20H20O4/c1-2-23-20(22)16(12-14-8-4-3-5-9-14)17-13-24-18-11-7-6-10-15(18)19(17)21/h3-11,16-17H,2,12-13H2,1H3. The van der Waals surface area contributed by atoms with Crippen LogP contribution in [0.5, 0.6) is 5.75 Å². The molecule has 0 spiro atoms. The van der Waals surface area contributed by atoms with Crippen molar-refractivity contribution in [1.29, 1.82) is 0 Å². The van der Waals surface area contributed by atoms with Crippen LogP contribution in [0.2, 0.25) is 0 Å². The molecule has 2 atom stereocenters. The maximum atomic E-state index is 12.9. The van der Waals surface area contributed by atoms with Crippen LogP contribution < -0.4 is 4.74 Å². The molecule has 124 valence electrons. The van der Waals surface area contributed by atoms with E-state index in [0.717, 1.165) is 5.56 Å². The Bertz CT molecular complexity index is 723. The Morgan fingerprint density at radius 2 is 1.88 bits per heavy atom. The van der Waals surface area contributed by atoms with Crippen molar-refractivity contribution in [2.45, 2.75) is 13.3 Å². The van der Waals surface area contributed by atoms with Gasteiger partial charge in [-0.15, -0.1) is 0 Å². The summed E-state index contributed by atoms with van der Waals surface area (Å²) >= 11 is 0. The first-order valence-corrected chi connectivity index (χ1v) is 8.17. The third kappa shape index (κ3) is 3.32. The lowest BCUT2D eigenvalue weighted by molar-refractivity contribution is -0.149. The normalized spacial score (nSPS) is 17.5. The lowest BCUT2D eigenvalue weighted by atomic mass is 9.81. The van der Waals surface area contributed by atoms with Crippen molar-refractivity contribution in [2.75, 3.05) is 13.2 Å². The largest absolute Gasteiger partial charge is 0.492 e. The van der Waals surface area contributed by atoms with Crippen LogP contribution >= 0.6 is 0 Å². The molecule has 0 N–H and O–H groups in total. The SMILES string of the molecule is CCOC(=O)C(Cc1ccccc1)C1COc2ccccc2C1=O. The van der Waals surface area contributed by atoms with Crippen LogP contribution in [0.3, 0.4) is 0 Å². The fraction of sp³-hybridized carbons (Fsp3) is 0.300. The smallest absolute Gasteiger partial charge is 0.310 e. The Hall–Kier alpha value is -2.62. The summed E-state index contributed by atoms with van der Waals surface area (Å²) in [4.78, 5) is 25.3. The maximum Gasteiger partial charge on any atom is 0.310 e. The van der Waals surface area contributed by atoms with E-state index in [9.17, 15) is 9.59 Å². The van der Waals surface area contributed by atoms with Crippen LogP contribution in [-0.4, -0.2) is 25.0 Å². The average Bonchev–Trinajstić information content (AvgIpc) is 2.62. The molecule has 24 heavy (non-hydrogen) atoms.